The highest BCUT2D eigenvalue weighted by molar-refractivity contribution is 5.88. The second-order valence-corrected chi connectivity index (χ2v) is 9.67. The Morgan fingerprint density at radius 3 is 1.73 bits per heavy atom. The molecule has 0 fully saturated rings. The topological polar surface area (TPSA) is 77.8 Å². The summed E-state index contributed by atoms with van der Waals surface area (Å²) in [4.78, 5) is 22.7. The highest BCUT2D eigenvalue weighted by Crippen LogP contribution is 2.23. The number of nitrogens with zero attached hydrogens (tertiary/aromatic N) is 1. The van der Waals surface area contributed by atoms with Crippen molar-refractivity contribution in [3.63, 3.8) is 0 Å². The van der Waals surface area contributed by atoms with Crippen molar-refractivity contribution in [1.29, 1.82) is 0 Å². The molecule has 8 heteroatoms. The van der Waals surface area contributed by atoms with Gasteiger partial charge < -0.3 is 10.2 Å². The summed E-state index contributed by atoms with van der Waals surface area (Å²) in [6, 6.07) is 27.3. The van der Waals surface area contributed by atoms with E-state index in [1.54, 1.807) is 12.1 Å². The van der Waals surface area contributed by atoms with Crippen LogP contribution in [-0.2, 0) is 17.8 Å². The highest BCUT2D eigenvalue weighted by atomic mass is 19.4. The number of benzene rings is 3. The molecule has 0 saturated carbocycles. The minimum absolute atomic E-state index is 0.319. The number of aryl methyl sites for hydroxylation is 1. The van der Waals surface area contributed by atoms with Gasteiger partial charge in [0, 0.05) is 12.6 Å². The van der Waals surface area contributed by atoms with Crippen molar-refractivity contribution >= 4 is 11.9 Å². The summed E-state index contributed by atoms with van der Waals surface area (Å²) in [5.74, 6) is -3.65. The van der Waals surface area contributed by atoms with Crippen molar-refractivity contribution < 1.29 is 33.0 Å². The van der Waals surface area contributed by atoms with Gasteiger partial charge in [0.2, 0.25) is 0 Å². The Hall–Kier alpha value is -3.65. The Bertz CT molecular complexity index is 1160. The molecular weight excluding hydrogens is 519 g/mol. The first-order valence-electron chi connectivity index (χ1n) is 13.6. The average Bonchev–Trinajstić information content (AvgIpc) is 2.93. The third-order valence-electron chi connectivity index (χ3n) is 6.56. The first-order valence-corrected chi connectivity index (χ1v) is 13.6. The fourth-order valence-electron chi connectivity index (χ4n) is 4.54. The molecule has 40 heavy (non-hydrogen) atoms. The number of hydrogen-bond acceptors (Lipinski definition) is 3. The molecule has 0 spiro atoms. The standard InChI is InChI=1S/C30H37NO2.C2HF3O2/c1-3-9-29(10-4-2)31(22-8-13-24-11-6-5-7-12-24)23-25-14-16-26(17-15-25)27-18-20-28(21-19-27)30(32)33;3-2(4,5)1(6)7/h5-7,11-12,14-21,29H,3-4,8-10,13,22-23H2,1-2H3,(H,32,33);(H,6,7). The Kier molecular flexibility index (Phi) is 13.4. The number of halogens is 3. The minimum atomic E-state index is -5.08. The number of carboxylic acid groups (broad SMARTS) is 2. The van der Waals surface area contributed by atoms with Crippen LogP contribution in [0.1, 0.15) is 67.4 Å². The summed E-state index contributed by atoms with van der Waals surface area (Å²) in [6.45, 7) is 6.65. The quantitative estimate of drug-likeness (QED) is 0.222. The Balaban J connectivity index is 0.000000708. The van der Waals surface area contributed by atoms with Crippen LogP contribution in [0.5, 0.6) is 0 Å². The second kappa shape index (κ2) is 16.5. The minimum Gasteiger partial charge on any atom is -0.478 e. The van der Waals surface area contributed by atoms with Gasteiger partial charge in [-0.25, -0.2) is 9.59 Å². The first-order chi connectivity index (χ1) is 19.0. The molecule has 0 heterocycles. The predicted molar refractivity (Wildman–Crippen MR) is 151 cm³/mol. The van der Waals surface area contributed by atoms with E-state index in [2.05, 4.69) is 73.3 Å². The average molecular weight is 558 g/mol. The van der Waals surface area contributed by atoms with Crippen molar-refractivity contribution in [2.24, 2.45) is 0 Å². The Morgan fingerprint density at radius 1 is 0.775 bits per heavy atom. The fourth-order valence-corrected chi connectivity index (χ4v) is 4.54. The maximum Gasteiger partial charge on any atom is 0.490 e. The van der Waals surface area contributed by atoms with Crippen LogP contribution in [0.3, 0.4) is 0 Å². The van der Waals surface area contributed by atoms with Gasteiger partial charge >= 0.3 is 18.1 Å². The molecule has 3 aromatic carbocycles. The molecule has 3 rings (SSSR count). The lowest BCUT2D eigenvalue weighted by molar-refractivity contribution is -0.192. The molecule has 3 aromatic rings. The van der Waals surface area contributed by atoms with Gasteiger partial charge in [-0.15, -0.1) is 0 Å². The van der Waals surface area contributed by atoms with Gasteiger partial charge in [0.15, 0.2) is 0 Å². The van der Waals surface area contributed by atoms with Gasteiger partial charge in [0.25, 0.3) is 0 Å². The lowest BCUT2D eigenvalue weighted by Gasteiger charge is -2.32. The number of carboxylic acids is 2. The van der Waals surface area contributed by atoms with E-state index in [0.717, 1.165) is 30.6 Å². The summed E-state index contributed by atoms with van der Waals surface area (Å²) in [7, 11) is 0. The van der Waals surface area contributed by atoms with E-state index in [1.165, 1.54) is 43.2 Å². The molecule has 216 valence electrons. The van der Waals surface area contributed by atoms with Crippen LogP contribution in [-0.4, -0.2) is 45.8 Å². The van der Waals surface area contributed by atoms with Gasteiger partial charge in [-0.1, -0.05) is 93.4 Å². The number of alkyl halides is 3. The van der Waals surface area contributed by atoms with Gasteiger partial charge in [-0.05, 0) is 66.6 Å². The largest absolute Gasteiger partial charge is 0.490 e. The molecule has 0 aliphatic heterocycles. The zero-order valence-corrected chi connectivity index (χ0v) is 23.0. The molecule has 2 N–H and O–H groups in total. The predicted octanol–water partition coefficient (Wildman–Crippen LogP) is 8.09. The maximum absolute atomic E-state index is 11.1. The second-order valence-electron chi connectivity index (χ2n) is 9.67. The molecule has 0 amide bonds. The number of carbonyl (C=O) groups is 2. The maximum atomic E-state index is 11.1. The zero-order chi connectivity index (χ0) is 29.5. The SMILES string of the molecule is CCCC(CCC)N(CCCc1ccccc1)Cc1ccc(-c2ccc(C(=O)O)cc2)cc1.O=C(O)C(F)(F)F. The molecule has 0 radical (unpaired) electrons. The van der Waals surface area contributed by atoms with E-state index in [4.69, 9.17) is 15.0 Å². The van der Waals surface area contributed by atoms with E-state index < -0.39 is 18.1 Å². The number of aromatic carboxylic acids is 1. The molecular formula is C32H38F3NO4. The number of aliphatic carboxylic acids is 1. The van der Waals surface area contributed by atoms with Crippen LogP contribution in [0.25, 0.3) is 11.1 Å². The smallest absolute Gasteiger partial charge is 0.478 e. The summed E-state index contributed by atoms with van der Waals surface area (Å²) >= 11 is 0. The summed E-state index contributed by atoms with van der Waals surface area (Å²) in [5.41, 5.74) is 5.22. The van der Waals surface area contributed by atoms with Gasteiger partial charge in [-0.3, -0.25) is 4.90 Å². The lowest BCUT2D eigenvalue weighted by Crippen LogP contribution is -2.35. The molecule has 0 unspecified atom stereocenters. The molecule has 0 aliphatic carbocycles. The molecule has 0 saturated heterocycles. The van der Waals surface area contributed by atoms with Gasteiger partial charge in [-0.2, -0.15) is 13.2 Å². The molecule has 0 atom stereocenters. The first kappa shape index (κ1) is 32.6. The summed E-state index contributed by atoms with van der Waals surface area (Å²) in [5, 5.41) is 16.2. The van der Waals surface area contributed by atoms with Crippen molar-refractivity contribution in [2.45, 2.75) is 71.1 Å². The molecule has 0 bridgehead atoms. The lowest BCUT2D eigenvalue weighted by atomic mass is 10.0. The fraction of sp³-hybridized carbons (Fsp3) is 0.375. The Labute approximate surface area is 234 Å². The monoisotopic (exact) mass is 557 g/mol. The third-order valence-corrected chi connectivity index (χ3v) is 6.56. The van der Waals surface area contributed by atoms with Crippen LogP contribution in [0.4, 0.5) is 13.2 Å². The molecule has 0 aromatic heterocycles. The van der Waals surface area contributed by atoms with Gasteiger partial charge in [0.1, 0.15) is 0 Å². The van der Waals surface area contributed by atoms with Crippen LogP contribution in [0.2, 0.25) is 0 Å². The molecule has 0 aliphatic rings. The van der Waals surface area contributed by atoms with Gasteiger partial charge in [0.05, 0.1) is 5.56 Å². The zero-order valence-electron chi connectivity index (χ0n) is 23.0. The van der Waals surface area contributed by atoms with Crippen molar-refractivity contribution in [3.8, 4) is 11.1 Å². The van der Waals surface area contributed by atoms with E-state index in [1.807, 2.05) is 12.1 Å². The highest BCUT2D eigenvalue weighted by Gasteiger charge is 2.38. The van der Waals surface area contributed by atoms with Crippen LogP contribution >= 0.6 is 0 Å². The third kappa shape index (κ3) is 11.2. The summed E-state index contributed by atoms with van der Waals surface area (Å²) in [6.07, 6.45) is 2.12. The van der Waals surface area contributed by atoms with Crippen molar-refractivity contribution in [3.05, 3.63) is 95.6 Å². The van der Waals surface area contributed by atoms with E-state index in [-0.39, 0.29) is 0 Å². The van der Waals surface area contributed by atoms with E-state index >= 15 is 0 Å². The van der Waals surface area contributed by atoms with E-state index in [9.17, 15) is 18.0 Å². The van der Waals surface area contributed by atoms with Crippen molar-refractivity contribution in [2.75, 3.05) is 6.54 Å². The summed E-state index contributed by atoms with van der Waals surface area (Å²) < 4.78 is 31.7. The normalized spacial score (nSPS) is 11.3. The van der Waals surface area contributed by atoms with Crippen LogP contribution < -0.4 is 0 Å². The Morgan fingerprint density at radius 2 is 1.27 bits per heavy atom. The molecule has 5 nitrogen and oxygen atoms in total. The van der Waals surface area contributed by atoms with Crippen LogP contribution in [0.15, 0.2) is 78.9 Å². The number of rotatable bonds is 13. The van der Waals surface area contributed by atoms with Crippen LogP contribution in [0, 0.1) is 0 Å². The van der Waals surface area contributed by atoms with Crippen molar-refractivity contribution in [1.82, 2.24) is 4.90 Å². The number of hydrogen-bond donors (Lipinski definition) is 2. The van der Waals surface area contributed by atoms with E-state index in [0.29, 0.717) is 11.6 Å².